The normalized spacial score (nSPS) is 10.4. The first kappa shape index (κ1) is 14.4. The van der Waals surface area contributed by atoms with E-state index in [0.717, 1.165) is 11.5 Å². The summed E-state index contributed by atoms with van der Waals surface area (Å²) in [6.45, 7) is 0. The highest BCUT2D eigenvalue weighted by atomic mass is 35.5. The van der Waals surface area contributed by atoms with Crippen molar-refractivity contribution in [3.8, 4) is 11.5 Å². The summed E-state index contributed by atoms with van der Waals surface area (Å²) in [5.74, 6) is 1.73. The summed E-state index contributed by atoms with van der Waals surface area (Å²) >= 11 is 0. The molecule has 0 unspecified atom stereocenters. The summed E-state index contributed by atoms with van der Waals surface area (Å²) < 4.78 is 5.99. The highest BCUT2D eigenvalue weighted by molar-refractivity contribution is 5.85. The average molecular weight is 307 g/mol. The number of hydrogen-bond donors (Lipinski definition) is 0. The molecule has 0 bridgehead atoms. The molecular formula is C20H15ClO. The minimum atomic E-state index is 0. The summed E-state index contributed by atoms with van der Waals surface area (Å²) in [6, 6.07) is 28.9. The van der Waals surface area contributed by atoms with E-state index in [0.29, 0.717) is 0 Å². The fourth-order valence-corrected chi connectivity index (χ4v) is 2.60. The molecule has 4 rings (SSSR count). The maximum absolute atomic E-state index is 5.99. The summed E-state index contributed by atoms with van der Waals surface area (Å²) in [5, 5.41) is 4.83. The zero-order valence-electron chi connectivity index (χ0n) is 11.9. The molecule has 108 valence electrons. The van der Waals surface area contributed by atoms with Gasteiger partial charge in [0.15, 0.2) is 0 Å². The van der Waals surface area contributed by atoms with E-state index >= 15 is 0 Å². The number of halogens is 1. The molecule has 2 heteroatoms. The molecule has 22 heavy (non-hydrogen) atoms. The topological polar surface area (TPSA) is 9.23 Å². The Labute approximate surface area is 135 Å². The van der Waals surface area contributed by atoms with E-state index in [2.05, 4.69) is 48.5 Å². The van der Waals surface area contributed by atoms with E-state index in [9.17, 15) is 0 Å². The Kier molecular flexibility index (Phi) is 3.99. The summed E-state index contributed by atoms with van der Waals surface area (Å²) in [5.41, 5.74) is 0. The fourth-order valence-electron chi connectivity index (χ4n) is 2.60. The van der Waals surface area contributed by atoms with Crippen LogP contribution in [0.1, 0.15) is 0 Å². The molecule has 0 heterocycles. The molecule has 0 spiro atoms. The lowest BCUT2D eigenvalue weighted by Gasteiger charge is -2.08. The predicted octanol–water partition coefficient (Wildman–Crippen LogP) is 6.21. The number of fused-ring (bicyclic) bond motifs is 2. The molecule has 0 radical (unpaired) electrons. The van der Waals surface area contributed by atoms with Crippen molar-refractivity contribution in [3.05, 3.63) is 84.9 Å². The smallest absolute Gasteiger partial charge is 0.128 e. The van der Waals surface area contributed by atoms with Crippen LogP contribution in [0.5, 0.6) is 11.5 Å². The molecule has 4 aromatic rings. The Hall–Kier alpha value is -2.51. The van der Waals surface area contributed by atoms with Gasteiger partial charge in [0.2, 0.25) is 0 Å². The third-order valence-corrected chi connectivity index (χ3v) is 3.68. The second kappa shape index (κ2) is 6.08. The molecule has 0 aliphatic rings. The lowest BCUT2D eigenvalue weighted by molar-refractivity contribution is 0.484. The van der Waals surface area contributed by atoms with Gasteiger partial charge in [-0.05, 0) is 45.8 Å². The molecule has 0 amide bonds. The van der Waals surface area contributed by atoms with Crippen molar-refractivity contribution < 1.29 is 4.74 Å². The van der Waals surface area contributed by atoms with Gasteiger partial charge in [0, 0.05) is 0 Å². The fraction of sp³-hybridized carbons (Fsp3) is 0. The second-order valence-corrected chi connectivity index (χ2v) is 5.12. The Morgan fingerprint density at radius 2 is 0.864 bits per heavy atom. The molecule has 0 saturated carbocycles. The van der Waals surface area contributed by atoms with Gasteiger partial charge in [-0.15, -0.1) is 12.4 Å². The predicted molar refractivity (Wildman–Crippen MR) is 95.2 cm³/mol. The molecule has 0 N–H and O–H groups in total. The van der Waals surface area contributed by atoms with Crippen molar-refractivity contribution in [3.63, 3.8) is 0 Å². The largest absolute Gasteiger partial charge is 0.457 e. The Balaban J connectivity index is 0.00000144. The van der Waals surface area contributed by atoms with E-state index in [1.54, 1.807) is 0 Å². The van der Waals surface area contributed by atoms with Gasteiger partial charge >= 0.3 is 0 Å². The van der Waals surface area contributed by atoms with Gasteiger partial charge in [-0.25, -0.2) is 0 Å². The van der Waals surface area contributed by atoms with Crippen molar-refractivity contribution in [1.29, 1.82) is 0 Å². The number of hydrogen-bond acceptors (Lipinski definition) is 1. The van der Waals surface area contributed by atoms with Gasteiger partial charge in [0.25, 0.3) is 0 Å². The Bertz CT molecular complexity index is 853. The lowest BCUT2D eigenvalue weighted by atomic mass is 10.1. The van der Waals surface area contributed by atoms with Crippen molar-refractivity contribution >= 4 is 34.0 Å². The molecule has 0 aromatic heterocycles. The Morgan fingerprint density at radius 1 is 0.455 bits per heavy atom. The third-order valence-electron chi connectivity index (χ3n) is 3.68. The van der Waals surface area contributed by atoms with Crippen LogP contribution in [-0.4, -0.2) is 0 Å². The first-order valence-electron chi connectivity index (χ1n) is 7.04. The number of benzene rings is 4. The van der Waals surface area contributed by atoms with E-state index in [1.165, 1.54) is 21.5 Å². The minimum absolute atomic E-state index is 0. The van der Waals surface area contributed by atoms with Crippen molar-refractivity contribution in [2.24, 2.45) is 0 Å². The molecule has 0 fully saturated rings. The van der Waals surface area contributed by atoms with Crippen LogP contribution in [0, 0.1) is 0 Å². The van der Waals surface area contributed by atoms with Crippen molar-refractivity contribution in [1.82, 2.24) is 0 Å². The molecular weight excluding hydrogens is 292 g/mol. The number of rotatable bonds is 2. The highest BCUT2D eigenvalue weighted by Gasteiger charge is 2.01. The molecule has 0 aliphatic heterocycles. The van der Waals surface area contributed by atoms with Crippen LogP contribution in [-0.2, 0) is 0 Å². The van der Waals surface area contributed by atoms with Crippen LogP contribution in [0.3, 0.4) is 0 Å². The summed E-state index contributed by atoms with van der Waals surface area (Å²) in [4.78, 5) is 0. The zero-order chi connectivity index (χ0) is 14.1. The summed E-state index contributed by atoms with van der Waals surface area (Å²) in [7, 11) is 0. The quantitative estimate of drug-likeness (QED) is 0.428. The van der Waals surface area contributed by atoms with Gasteiger partial charge in [0.1, 0.15) is 11.5 Å². The minimum Gasteiger partial charge on any atom is -0.457 e. The maximum Gasteiger partial charge on any atom is 0.128 e. The van der Waals surface area contributed by atoms with Crippen LogP contribution in [0.15, 0.2) is 84.9 Å². The van der Waals surface area contributed by atoms with Gasteiger partial charge in [0.05, 0.1) is 0 Å². The van der Waals surface area contributed by atoms with Crippen LogP contribution < -0.4 is 4.74 Å². The highest BCUT2D eigenvalue weighted by Crippen LogP contribution is 2.28. The van der Waals surface area contributed by atoms with E-state index in [4.69, 9.17) is 4.74 Å². The van der Waals surface area contributed by atoms with E-state index in [-0.39, 0.29) is 12.4 Å². The molecule has 4 aromatic carbocycles. The summed E-state index contributed by atoms with van der Waals surface area (Å²) in [6.07, 6.45) is 0. The monoisotopic (exact) mass is 306 g/mol. The first-order valence-corrected chi connectivity index (χ1v) is 7.04. The number of ether oxygens (including phenoxy) is 1. The van der Waals surface area contributed by atoms with Crippen LogP contribution >= 0.6 is 12.4 Å². The SMILES string of the molecule is Cl.c1ccc2cc(Oc3ccc4ccccc4c3)ccc2c1. The van der Waals surface area contributed by atoms with Crippen LogP contribution in [0.4, 0.5) is 0 Å². The second-order valence-electron chi connectivity index (χ2n) is 5.12. The van der Waals surface area contributed by atoms with Crippen LogP contribution in [0.2, 0.25) is 0 Å². The Morgan fingerprint density at radius 3 is 1.32 bits per heavy atom. The van der Waals surface area contributed by atoms with Crippen molar-refractivity contribution in [2.45, 2.75) is 0 Å². The first-order chi connectivity index (χ1) is 10.4. The third kappa shape index (κ3) is 2.76. The lowest BCUT2D eigenvalue weighted by Crippen LogP contribution is -1.84. The standard InChI is InChI=1S/C20H14O.ClH/c1-3-7-17-13-19(11-9-15(17)5-1)21-20-12-10-16-6-2-4-8-18(16)14-20;/h1-14H;1H. The van der Waals surface area contributed by atoms with Gasteiger partial charge in [-0.2, -0.15) is 0 Å². The average Bonchev–Trinajstić information content (AvgIpc) is 2.55. The van der Waals surface area contributed by atoms with Gasteiger partial charge in [-0.3, -0.25) is 0 Å². The molecule has 0 saturated heterocycles. The van der Waals surface area contributed by atoms with Gasteiger partial charge in [-0.1, -0.05) is 60.7 Å². The van der Waals surface area contributed by atoms with Crippen LogP contribution in [0.25, 0.3) is 21.5 Å². The van der Waals surface area contributed by atoms with Crippen molar-refractivity contribution in [2.75, 3.05) is 0 Å². The molecule has 0 aliphatic carbocycles. The molecule has 0 atom stereocenters. The van der Waals surface area contributed by atoms with Gasteiger partial charge < -0.3 is 4.74 Å². The maximum atomic E-state index is 5.99. The molecule has 1 nitrogen and oxygen atoms in total. The zero-order valence-corrected chi connectivity index (χ0v) is 12.7. The van der Waals surface area contributed by atoms with E-state index < -0.39 is 0 Å². The van der Waals surface area contributed by atoms with E-state index in [1.807, 2.05) is 36.4 Å².